The lowest BCUT2D eigenvalue weighted by Crippen LogP contribution is -1.77. The third-order valence-corrected chi connectivity index (χ3v) is 2.40. The summed E-state index contributed by atoms with van der Waals surface area (Å²) in [7, 11) is 0. The molecule has 3 heteroatoms. The van der Waals surface area contributed by atoms with Crippen molar-refractivity contribution in [1.29, 1.82) is 0 Å². The first-order valence-electron chi connectivity index (χ1n) is 4.87. The van der Waals surface area contributed by atoms with Crippen molar-refractivity contribution in [3.8, 4) is 0 Å². The van der Waals surface area contributed by atoms with Gasteiger partial charge in [-0.25, -0.2) is 9.97 Å². The molecule has 0 bridgehead atoms. The summed E-state index contributed by atoms with van der Waals surface area (Å²) in [5.41, 5.74) is 2.07. The molecule has 0 N–H and O–H groups in total. The van der Waals surface area contributed by atoms with Crippen LogP contribution in [0.5, 0.6) is 0 Å². The van der Waals surface area contributed by atoms with Crippen molar-refractivity contribution in [3.05, 3.63) is 22.8 Å². The lowest BCUT2D eigenvalue weighted by Gasteiger charge is -1.87. The number of rotatable bonds is 0. The Hall–Kier alpha value is -0.960. The summed E-state index contributed by atoms with van der Waals surface area (Å²) >= 11 is 1.69. The maximum absolute atomic E-state index is 4.26. The van der Waals surface area contributed by atoms with E-state index < -0.39 is 0 Å². The predicted molar refractivity (Wildman–Crippen MR) is 62.9 cm³/mol. The smallest absolute Gasteiger partial charge is 0.170 e. The Bertz CT molecular complexity index is 407. The van der Waals surface area contributed by atoms with E-state index in [1.807, 2.05) is 20.0 Å². The number of thiazole rings is 1. The monoisotopic (exact) mass is 208 g/mol. The third-order valence-electron chi connectivity index (χ3n) is 1.49. The number of hydrogen-bond acceptors (Lipinski definition) is 3. The van der Waals surface area contributed by atoms with Crippen LogP contribution in [-0.2, 0) is 0 Å². The topological polar surface area (TPSA) is 25.8 Å². The number of pyridine rings is 1. The van der Waals surface area contributed by atoms with Crippen LogP contribution >= 0.6 is 11.3 Å². The number of nitrogens with zero attached hydrogens (tertiary/aromatic N) is 2. The Kier molecular flexibility index (Phi) is 4.01. The zero-order valence-corrected chi connectivity index (χ0v) is 9.98. The van der Waals surface area contributed by atoms with Crippen LogP contribution in [0.4, 0.5) is 0 Å². The molecule has 0 aliphatic heterocycles. The second-order valence-electron chi connectivity index (χ2n) is 3.27. The van der Waals surface area contributed by atoms with Crippen molar-refractivity contribution in [2.45, 2.75) is 34.1 Å². The second-order valence-corrected chi connectivity index (χ2v) is 4.51. The van der Waals surface area contributed by atoms with Crippen LogP contribution in [0.2, 0.25) is 0 Å². The summed E-state index contributed by atoms with van der Waals surface area (Å²) in [6.45, 7) is 8.29. The normalized spacial score (nSPS) is 9.71. The van der Waals surface area contributed by atoms with Gasteiger partial charge in [0, 0.05) is 6.20 Å². The first kappa shape index (κ1) is 11.1. The van der Waals surface area contributed by atoms with Crippen molar-refractivity contribution in [2.24, 2.45) is 0 Å². The molecule has 0 spiro atoms. The average Bonchev–Trinajstić information content (AvgIpc) is 2.45. The van der Waals surface area contributed by atoms with E-state index in [2.05, 4.69) is 29.9 Å². The molecule has 14 heavy (non-hydrogen) atoms. The molecule has 2 aromatic rings. The van der Waals surface area contributed by atoms with Gasteiger partial charge in [-0.05, 0) is 25.5 Å². The fraction of sp³-hybridized carbons (Fsp3) is 0.455. The summed E-state index contributed by atoms with van der Waals surface area (Å²) in [6, 6.07) is 2.12. The van der Waals surface area contributed by atoms with Crippen LogP contribution < -0.4 is 0 Å². The van der Waals surface area contributed by atoms with Crippen LogP contribution in [0.25, 0.3) is 10.3 Å². The van der Waals surface area contributed by atoms with Crippen molar-refractivity contribution in [1.82, 2.24) is 9.97 Å². The summed E-state index contributed by atoms with van der Waals surface area (Å²) in [5.74, 6) is 0. The summed E-state index contributed by atoms with van der Waals surface area (Å²) in [4.78, 5) is 8.46. The molecule has 0 aliphatic rings. The van der Waals surface area contributed by atoms with Crippen LogP contribution in [0.1, 0.15) is 30.8 Å². The fourth-order valence-electron chi connectivity index (χ4n) is 1.03. The lowest BCUT2D eigenvalue weighted by molar-refractivity contribution is 1.09. The molecule has 2 rings (SSSR count). The summed E-state index contributed by atoms with van der Waals surface area (Å²) in [5, 5.41) is 1.08. The third kappa shape index (κ3) is 2.77. The Morgan fingerprint density at radius 1 is 1.29 bits per heavy atom. The van der Waals surface area contributed by atoms with Gasteiger partial charge in [-0.15, -0.1) is 11.3 Å². The Labute approximate surface area is 89.0 Å². The van der Waals surface area contributed by atoms with Gasteiger partial charge >= 0.3 is 0 Å². The van der Waals surface area contributed by atoms with Gasteiger partial charge in [0.25, 0.3) is 0 Å². The molecule has 0 atom stereocenters. The Morgan fingerprint density at radius 2 is 1.93 bits per heavy atom. The van der Waals surface area contributed by atoms with Crippen molar-refractivity contribution < 1.29 is 0 Å². The molecule has 0 saturated carbocycles. The fourth-order valence-corrected chi connectivity index (χ4v) is 1.91. The molecule has 76 valence electrons. The molecular weight excluding hydrogens is 192 g/mol. The van der Waals surface area contributed by atoms with Gasteiger partial charge in [0.2, 0.25) is 0 Å². The zero-order chi connectivity index (χ0) is 10.6. The molecule has 0 saturated heterocycles. The summed E-state index contributed by atoms with van der Waals surface area (Å²) < 4.78 is 1.18. The zero-order valence-electron chi connectivity index (χ0n) is 9.16. The molecule has 0 radical (unpaired) electrons. The van der Waals surface area contributed by atoms with E-state index in [0.29, 0.717) is 0 Å². The first-order valence-corrected chi connectivity index (χ1v) is 5.68. The minimum Gasteiger partial charge on any atom is -0.236 e. The maximum Gasteiger partial charge on any atom is 0.170 e. The molecular formula is C11H16N2S. The highest BCUT2D eigenvalue weighted by Gasteiger charge is 1.99. The molecule has 2 nitrogen and oxygen atoms in total. The number of aryl methyl sites for hydroxylation is 2. The van der Waals surface area contributed by atoms with Crippen LogP contribution in [0.15, 0.2) is 12.3 Å². The predicted octanol–water partition coefficient (Wildman–Crippen LogP) is 3.72. The quantitative estimate of drug-likeness (QED) is 0.659. The van der Waals surface area contributed by atoms with E-state index >= 15 is 0 Å². The van der Waals surface area contributed by atoms with E-state index in [0.717, 1.165) is 10.7 Å². The highest BCUT2D eigenvalue weighted by atomic mass is 32.1. The summed E-state index contributed by atoms with van der Waals surface area (Å²) in [6.07, 6.45) is 3.10. The van der Waals surface area contributed by atoms with Crippen LogP contribution in [-0.4, -0.2) is 9.97 Å². The van der Waals surface area contributed by atoms with Crippen LogP contribution in [0, 0.1) is 13.8 Å². The molecule has 0 aromatic carbocycles. The van der Waals surface area contributed by atoms with Gasteiger partial charge in [-0.3, -0.25) is 0 Å². The largest absolute Gasteiger partial charge is 0.236 e. The van der Waals surface area contributed by atoms with Gasteiger partial charge in [0.15, 0.2) is 5.65 Å². The van der Waals surface area contributed by atoms with Gasteiger partial charge in [0.05, 0.1) is 9.71 Å². The maximum atomic E-state index is 4.26. The minimum atomic E-state index is 0.873. The number of fused-ring (bicyclic) bond motifs is 1. The van der Waals surface area contributed by atoms with E-state index in [1.165, 1.54) is 16.7 Å². The molecule has 2 aromatic heterocycles. The van der Waals surface area contributed by atoms with Crippen LogP contribution in [0.3, 0.4) is 0 Å². The van der Waals surface area contributed by atoms with E-state index in [4.69, 9.17) is 0 Å². The number of aromatic nitrogens is 2. The molecule has 0 amide bonds. The number of hydrogen-bond donors (Lipinski definition) is 0. The van der Waals surface area contributed by atoms with E-state index in [1.54, 1.807) is 11.3 Å². The first-order chi connectivity index (χ1) is 6.67. The van der Waals surface area contributed by atoms with E-state index in [-0.39, 0.29) is 0 Å². The molecule has 2 heterocycles. The van der Waals surface area contributed by atoms with Gasteiger partial charge in [-0.1, -0.05) is 20.3 Å². The Morgan fingerprint density at radius 3 is 2.57 bits per heavy atom. The molecule has 0 fully saturated rings. The minimum absolute atomic E-state index is 0.873. The lowest BCUT2D eigenvalue weighted by atomic mass is 10.3. The van der Waals surface area contributed by atoms with Crippen molar-refractivity contribution >= 4 is 21.7 Å². The Balaban J connectivity index is 0.000000293. The SMILES string of the molecule is CCC.Cc1cnc2nc(C)sc2c1. The highest BCUT2D eigenvalue weighted by molar-refractivity contribution is 7.18. The standard InChI is InChI=1S/C8H8N2S.C3H8/c1-5-3-7-8(9-4-5)10-6(2)11-7;1-3-2/h3-4H,1-2H3;3H2,1-2H3. The van der Waals surface area contributed by atoms with Gasteiger partial charge in [0.1, 0.15) is 0 Å². The molecule has 0 aliphatic carbocycles. The van der Waals surface area contributed by atoms with E-state index in [9.17, 15) is 0 Å². The average molecular weight is 208 g/mol. The van der Waals surface area contributed by atoms with Gasteiger partial charge in [-0.2, -0.15) is 0 Å². The molecule has 0 unspecified atom stereocenters. The second kappa shape index (κ2) is 5.05. The highest BCUT2D eigenvalue weighted by Crippen LogP contribution is 2.19. The van der Waals surface area contributed by atoms with Gasteiger partial charge < -0.3 is 0 Å². The van der Waals surface area contributed by atoms with Crippen molar-refractivity contribution in [2.75, 3.05) is 0 Å². The van der Waals surface area contributed by atoms with Crippen molar-refractivity contribution in [3.63, 3.8) is 0 Å².